The highest BCUT2D eigenvalue weighted by Crippen LogP contribution is 2.05. The van der Waals surface area contributed by atoms with E-state index in [9.17, 15) is 4.79 Å². The normalized spacial score (nSPS) is 11.7. The van der Waals surface area contributed by atoms with Gasteiger partial charge in [-0.2, -0.15) is 0 Å². The van der Waals surface area contributed by atoms with Gasteiger partial charge in [-0.3, -0.25) is 0 Å². The van der Waals surface area contributed by atoms with Crippen molar-refractivity contribution in [1.82, 2.24) is 5.32 Å². The number of rotatable bonds is 4. The number of benzene rings is 1. The van der Waals surface area contributed by atoms with E-state index in [1.54, 1.807) is 0 Å². The van der Waals surface area contributed by atoms with Crippen molar-refractivity contribution >= 4 is 6.03 Å². The van der Waals surface area contributed by atoms with E-state index in [0.29, 0.717) is 12.1 Å². The first-order valence-corrected chi connectivity index (χ1v) is 4.63. The topological polar surface area (TPSA) is 81.1 Å². The van der Waals surface area contributed by atoms with Gasteiger partial charge in [0.25, 0.3) is 0 Å². The van der Waals surface area contributed by atoms with Gasteiger partial charge in [0.1, 0.15) is 0 Å². The maximum atomic E-state index is 10.7. The summed E-state index contributed by atoms with van der Waals surface area (Å²) in [7, 11) is 0. The first kappa shape index (κ1) is 11.1. The van der Waals surface area contributed by atoms with E-state index in [1.807, 2.05) is 30.3 Å². The van der Waals surface area contributed by atoms with Crippen molar-refractivity contribution in [3.8, 4) is 0 Å². The Balaban J connectivity index is 2.67. The summed E-state index contributed by atoms with van der Waals surface area (Å²) in [5, 5.41) is 2.54. The molecule has 0 heterocycles. The number of urea groups is 1. The predicted molar refractivity (Wildman–Crippen MR) is 60.0 cm³/mol. The Morgan fingerprint density at radius 3 is 2.40 bits per heavy atom. The molecule has 15 heavy (non-hydrogen) atoms. The summed E-state index contributed by atoms with van der Waals surface area (Å²) in [5.41, 5.74) is 12.1. The molecule has 0 fully saturated rings. The second-order valence-electron chi connectivity index (χ2n) is 3.33. The van der Waals surface area contributed by atoms with Crippen LogP contribution in [0, 0.1) is 0 Å². The number of nitrogens with one attached hydrogen (secondary N) is 1. The van der Waals surface area contributed by atoms with Crippen LogP contribution in [-0.2, 0) is 6.42 Å². The van der Waals surface area contributed by atoms with Crippen LogP contribution in [0.1, 0.15) is 5.56 Å². The van der Waals surface area contributed by atoms with Gasteiger partial charge in [0.2, 0.25) is 0 Å². The fraction of sp³-hybridized carbons (Fsp3) is 0.182. The SMILES string of the molecule is C=C(N)[C@H](Cc1ccccc1)NC(N)=O. The summed E-state index contributed by atoms with van der Waals surface area (Å²) >= 11 is 0. The molecule has 0 spiro atoms. The molecule has 5 N–H and O–H groups in total. The van der Waals surface area contributed by atoms with E-state index in [4.69, 9.17) is 11.5 Å². The zero-order valence-electron chi connectivity index (χ0n) is 8.44. The van der Waals surface area contributed by atoms with Gasteiger partial charge in [0.05, 0.1) is 6.04 Å². The Morgan fingerprint density at radius 2 is 1.93 bits per heavy atom. The molecule has 1 aromatic rings. The zero-order chi connectivity index (χ0) is 11.3. The molecule has 0 saturated heterocycles. The summed E-state index contributed by atoms with van der Waals surface area (Å²) in [5.74, 6) is 0. The molecule has 1 aromatic carbocycles. The number of hydrogen-bond donors (Lipinski definition) is 3. The van der Waals surface area contributed by atoms with Crippen molar-refractivity contribution in [2.24, 2.45) is 11.5 Å². The largest absolute Gasteiger partial charge is 0.401 e. The smallest absolute Gasteiger partial charge is 0.312 e. The van der Waals surface area contributed by atoms with Crippen molar-refractivity contribution in [3.05, 3.63) is 48.2 Å². The van der Waals surface area contributed by atoms with Crippen molar-refractivity contribution in [1.29, 1.82) is 0 Å². The van der Waals surface area contributed by atoms with E-state index in [0.717, 1.165) is 5.56 Å². The van der Waals surface area contributed by atoms with Gasteiger partial charge < -0.3 is 16.8 Å². The van der Waals surface area contributed by atoms with E-state index >= 15 is 0 Å². The summed E-state index contributed by atoms with van der Waals surface area (Å²) in [6, 6.07) is 8.79. The fourth-order valence-corrected chi connectivity index (χ4v) is 1.30. The van der Waals surface area contributed by atoms with E-state index in [-0.39, 0.29) is 6.04 Å². The highest BCUT2D eigenvalue weighted by Gasteiger charge is 2.12. The van der Waals surface area contributed by atoms with Gasteiger partial charge in [-0.25, -0.2) is 4.79 Å². The standard InChI is InChI=1S/C11H15N3O/c1-8(12)10(14-11(13)15)7-9-5-3-2-4-6-9/h2-6,10H,1,7,12H2,(H3,13,14,15)/t10-/m0/s1. The third kappa shape index (κ3) is 3.72. The number of amides is 2. The third-order valence-corrected chi connectivity index (χ3v) is 2.05. The third-order valence-electron chi connectivity index (χ3n) is 2.05. The lowest BCUT2D eigenvalue weighted by Gasteiger charge is -2.17. The molecule has 0 aliphatic heterocycles. The predicted octanol–water partition coefficient (Wildman–Crippen LogP) is 0.738. The summed E-state index contributed by atoms with van der Waals surface area (Å²) < 4.78 is 0. The highest BCUT2D eigenvalue weighted by molar-refractivity contribution is 5.72. The Bertz CT molecular complexity index is 348. The minimum atomic E-state index is -0.595. The van der Waals surface area contributed by atoms with Crippen LogP contribution in [0.2, 0.25) is 0 Å². The second kappa shape index (κ2) is 5.05. The molecule has 0 aliphatic carbocycles. The van der Waals surface area contributed by atoms with Gasteiger partial charge >= 0.3 is 6.03 Å². The van der Waals surface area contributed by atoms with E-state index in [2.05, 4.69) is 11.9 Å². The number of carbonyl (C=O) groups excluding carboxylic acids is 1. The van der Waals surface area contributed by atoms with E-state index in [1.165, 1.54) is 0 Å². The van der Waals surface area contributed by atoms with E-state index < -0.39 is 6.03 Å². The van der Waals surface area contributed by atoms with Crippen molar-refractivity contribution in [2.75, 3.05) is 0 Å². The van der Waals surface area contributed by atoms with Crippen LogP contribution in [0.15, 0.2) is 42.6 Å². The summed E-state index contributed by atoms with van der Waals surface area (Å²) in [6.07, 6.45) is 0.596. The maximum absolute atomic E-state index is 10.7. The summed E-state index contributed by atoms with van der Waals surface area (Å²) in [4.78, 5) is 10.7. The highest BCUT2D eigenvalue weighted by atomic mass is 16.2. The first-order valence-electron chi connectivity index (χ1n) is 4.63. The lowest BCUT2D eigenvalue weighted by molar-refractivity contribution is 0.246. The van der Waals surface area contributed by atoms with Crippen LogP contribution in [0.3, 0.4) is 0 Å². The molecular formula is C11H15N3O. The number of primary amides is 1. The molecule has 0 unspecified atom stereocenters. The Labute approximate surface area is 89.0 Å². The average Bonchev–Trinajstić information content (AvgIpc) is 2.17. The quantitative estimate of drug-likeness (QED) is 0.677. The number of hydrogen-bond acceptors (Lipinski definition) is 2. The molecule has 80 valence electrons. The van der Waals surface area contributed by atoms with Gasteiger partial charge in [-0.1, -0.05) is 36.9 Å². The molecule has 4 heteroatoms. The fourth-order valence-electron chi connectivity index (χ4n) is 1.30. The minimum Gasteiger partial charge on any atom is -0.401 e. The zero-order valence-corrected chi connectivity index (χ0v) is 8.44. The maximum Gasteiger partial charge on any atom is 0.312 e. The molecular weight excluding hydrogens is 190 g/mol. The van der Waals surface area contributed by atoms with Crippen molar-refractivity contribution in [2.45, 2.75) is 12.5 Å². The molecule has 4 nitrogen and oxygen atoms in total. The van der Waals surface area contributed by atoms with Gasteiger partial charge in [-0.15, -0.1) is 0 Å². The van der Waals surface area contributed by atoms with Crippen molar-refractivity contribution < 1.29 is 4.79 Å². The summed E-state index contributed by atoms with van der Waals surface area (Å²) in [6.45, 7) is 3.61. The first-order chi connectivity index (χ1) is 7.09. The van der Waals surface area contributed by atoms with Crippen molar-refractivity contribution in [3.63, 3.8) is 0 Å². The van der Waals surface area contributed by atoms with Crippen LogP contribution in [0.5, 0.6) is 0 Å². The van der Waals surface area contributed by atoms with Gasteiger partial charge in [0.15, 0.2) is 0 Å². The van der Waals surface area contributed by atoms with Gasteiger partial charge in [0, 0.05) is 5.70 Å². The van der Waals surface area contributed by atoms with Crippen LogP contribution in [-0.4, -0.2) is 12.1 Å². The molecule has 0 aliphatic rings. The number of carbonyl (C=O) groups is 1. The Morgan fingerprint density at radius 1 is 1.33 bits per heavy atom. The lowest BCUT2D eigenvalue weighted by Crippen LogP contribution is -2.42. The molecule has 0 bridgehead atoms. The molecule has 0 radical (unpaired) electrons. The Kier molecular flexibility index (Phi) is 3.74. The van der Waals surface area contributed by atoms with Crippen LogP contribution >= 0.6 is 0 Å². The Hall–Kier alpha value is -1.97. The van der Waals surface area contributed by atoms with Gasteiger partial charge in [-0.05, 0) is 12.0 Å². The molecule has 2 amide bonds. The molecule has 0 saturated carbocycles. The minimum absolute atomic E-state index is 0.315. The average molecular weight is 205 g/mol. The lowest BCUT2D eigenvalue weighted by atomic mass is 10.0. The molecule has 1 atom stereocenters. The monoisotopic (exact) mass is 205 g/mol. The number of nitrogens with two attached hydrogens (primary N) is 2. The van der Waals surface area contributed by atoms with Crippen LogP contribution in [0.4, 0.5) is 4.79 Å². The molecule has 1 rings (SSSR count). The second-order valence-corrected chi connectivity index (χ2v) is 3.33. The van der Waals surface area contributed by atoms with Crippen LogP contribution < -0.4 is 16.8 Å². The molecule has 0 aromatic heterocycles. The van der Waals surface area contributed by atoms with Crippen LogP contribution in [0.25, 0.3) is 0 Å².